The van der Waals surface area contributed by atoms with E-state index in [0.29, 0.717) is 29.0 Å². The molecule has 0 N–H and O–H groups in total. The molecule has 3 aromatic rings. The Labute approximate surface area is 279 Å². The van der Waals surface area contributed by atoms with Gasteiger partial charge in [-0.25, -0.2) is 9.59 Å². The first-order valence-corrected chi connectivity index (χ1v) is 17.8. The van der Waals surface area contributed by atoms with E-state index in [1.807, 2.05) is 6.92 Å². The van der Waals surface area contributed by atoms with Crippen molar-refractivity contribution in [2.24, 2.45) is 0 Å². The molecule has 0 spiro atoms. The molecule has 3 aromatic carbocycles. The highest BCUT2D eigenvalue weighted by molar-refractivity contribution is 8.14. The quantitative estimate of drug-likeness (QED) is 0.0493. The lowest BCUT2D eigenvalue weighted by atomic mass is 10.1. The lowest BCUT2D eigenvalue weighted by Crippen LogP contribution is -2.15. The first-order valence-electron chi connectivity index (χ1n) is 17.0. The minimum absolute atomic E-state index is 0.128. The van der Waals surface area contributed by atoms with Crippen molar-refractivity contribution in [2.75, 3.05) is 6.61 Å². The normalized spacial score (nSPS) is 11.5. The highest BCUT2D eigenvalue weighted by Crippen LogP contribution is 2.25. The third kappa shape index (κ3) is 13.8. The van der Waals surface area contributed by atoms with Crippen molar-refractivity contribution >= 4 is 28.8 Å². The summed E-state index contributed by atoms with van der Waals surface area (Å²) in [6.07, 6.45) is 15.3. The summed E-state index contributed by atoms with van der Waals surface area (Å²) in [5.74, 6) is 0.253. The summed E-state index contributed by atoms with van der Waals surface area (Å²) in [4.78, 5) is 38.7. The largest absolute Gasteiger partial charge is 0.494 e. The van der Waals surface area contributed by atoms with E-state index in [9.17, 15) is 14.4 Å². The second-order valence-electron chi connectivity index (χ2n) is 11.7. The monoisotopic (exact) mass is 646 g/mol. The fourth-order valence-corrected chi connectivity index (χ4v) is 5.67. The second kappa shape index (κ2) is 21.3. The molecule has 3 rings (SSSR count). The van der Waals surface area contributed by atoms with Crippen LogP contribution in [0.3, 0.4) is 0 Å². The molecule has 0 heterocycles. The summed E-state index contributed by atoms with van der Waals surface area (Å²) in [5.41, 5.74) is 1.36. The van der Waals surface area contributed by atoms with E-state index >= 15 is 0 Å². The van der Waals surface area contributed by atoms with Crippen LogP contribution in [0.2, 0.25) is 0 Å². The average molecular weight is 647 g/mol. The Hall–Kier alpha value is -3.58. The van der Waals surface area contributed by atoms with Gasteiger partial charge < -0.3 is 14.2 Å². The number of esters is 2. The third-order valence-electron chi connectivity index (χ3n) is 7.73. The molecular formula is C39H50O6S. The van der Waals surface area contributed by atoms with Crippen molar-refractivity contribution in [2.45, 2.75) is 115 Å². The molecule has 1 atom stereocenters. The summed E-state index contributed by atoms with van der Waals surface area (Å²) >= 11 is 1.07. The zero-order chi connectivity index (χ0) is 33.0. The number of hydrogen-bond acceptors (Lipinski definition) is 7. The first-order chi connectivity index (χ1) is 22.4. The van der Waals surface area contributed by atoms with Crippen LogP contribution in [0.5, 0.6) is 11.5 Å². The Kier molecular flexibility index (Phi) is 17.0. The van der Waals surface area contributed by atoms with E-state index in [1.165, 1.54) is 57.8 Å². The van der Waals surface area contributed by atoms with Gasteiger partial charge in [-0.2, -0.15) is 0 Å². The van der Waals surface area contributed by atoms with Gasteiger partial charge in [0.05, 0.1) is 23.8 Å². The zero-order valence-electron chi connectivity index (χ0n) is 27.8. The van der Waals surface area contributed by atoms with Crippen LogP contribution in [-0.4, -0.2) is 29.8 Å². The van der Waals surface area contributed by atoms with E-state index in [1.54, 1.807) is 72.8 Å². The zero-order valence-corrected chi connectivity index (χ0v) is 28.6. The standard InChI is InChI=1S/C39H50O6S/c1-4-6-8-10-11-12-13-15-29-43-34-23-17-31(18-24-34)38(41)45-35-25-19-33(20-26-35)39(42)46-36-27-21-32(22-28-36)37(40)44-30(3)16-14-9-7-5-2/h17-28,30H,4-16,29H2,1-3H3. The van der Waals surface area contributed by atoms with Crippen LogP contribution >= 0.6 is 11.8 Å². The van der Waals surface area contributed by atoms with Gasteiger partial charge in [0.15, 0.2) is 0 Å². The minimum atomic E-state index is -0.479. The summed E-state index contributed by atoms with van der Waals surface area (Å²) in [7, 11) is 0. The first kappa shape index (κ1) is 36.9. The predicted molar refractivity (Wildman–Crippen MR) is 186 cm³/mol. The van der Waals surface area contributed by atoms with Crippen molar-refractivity contribution in [1.82, 2.24) is 0 Å². The topological polar surface area (TPSA) is 78.9 Å². The molecule has 46 heavy (non-hydrogen) atoms. The SMILES string of the molecule is CCCCCCCCCCOc1ccc(C(=O)Oc2ccc(C(=O)Sc3ccc(C(=O)OC(C)CCCCCC)cc3)cc2)cc1. The lowest BCUT2D eigenvalue weighted by molar-refractivity contribution is 0.0319. The summed E-state index contributed by atoms with van der Waals surface area (Å²) in [6, 6.07) is 20.3. The van der Waals surface area contributed by atoms with Gasteiger partial charge >= 0.3 is 11.9 Å². The molecule has 0 bridgehead atoms. The summed E-state index contributed by atoms with van der Waals surface area (Å²) < 4.78 is 16.9. The highest BCUT2D eigenvalue weighted by Gasteiger charge is 2.14. The molecule has 0 saturated carbocycles. The van der Waals surface area contributed by atoms with Gasteiger partial charge in [0.1, 0.15) is 11.5 Å². The molecule has 0 aliphatic heterocycles. The Morgan fingerprint density at radius 3 is 1.72 bits per heavy atom. The van der Waals surface area contributed by atoms with Crippen molar-refractivity contribution < 1.29 is 28.6 Å². The van der Waals surface area contributed by atoms with Gasteiger partial charge in [0.2, 0.25) is 5.12 Å². The Balaban J connectivity index is 1.39. The second-order valence-corrected chi connectivity index (χ2v) is 12.8. The van der Waals surface area contributed by atoms with E-state index in [4.69, 9.17) is 14.2 Å². The van der Waals surface area contributed by atoms with E-state index in [2.05, 4.69) is 13.8 Å². The molecule has 7 heteroatoms. The molecule has 248 valence electrons. The van der Waals surface area contributed by atoms with Crippen molar-refractivity contribution in [1.29, 1.82) is 0 Å². The number of ether oxygens (including phenoxy) is 3. The van der Waals surface area contributed by atoms with Crippen molar-refractivity contribution in [3.8, 4) is 11.5 Å². The molecule has 0 amide bonds. The van der Waals surface area contributed by atoms with Gasteiger partial charge in [-0.05, 0) is 111 Å². The van der Waals surface area contributed by atoms with E-state index in [-0.39, 0.29) is 17.2 Å². The van der Waals surface area contributed by atoms with Crippen LogP contribution in [-0.2, 0) is 4.74 Å². The van der Waals surface area contributed by atoms with E-state index < -0.39 is 5.97 Å². The molecule has 0 saturated heterocycles. The third-order valence-corrected chi connectivity index (χ3v) is 8.66. The fourth-order valence-electron chi connectivity index (χ4n) is 4.93. The van der Waals surface area contributed by atoms with Gasteiger partial charge in [0.25, 0.3) is 0 Å². The van der Waals surface area contributed by atoms with Crippen LogP contribution in [0.25, 0.3) is 0 Å². The fraction of sp³-hybridized carbons (Fsp3) is 0.462. The molecule has 1 unspecified atom stereocenters. The molecule has 0 aromatic heterocycles. The number of thioether (sulfide) groups is 1. The summed E-state index contributed by atoms with van der Waals surface area (Å²) in [5, 5.41) is -0.156. The predicted octanol–water partition coefficient (Wildman–Crippen LogP) is 10.9. The Bertz CT molecular complexity index is 1320. The number of benzene rings is 3. The van der Waals surface area contributed by atoms with Crippen LogP contribution in [0.1, 0.15) is 135 Å². The van der Waals surface area contributed by atoms with Crippen molar-refractivity contribution in [3.05, 3.63) is 89.5 Å². The van der Waals surface area contributed by atoms with Crippen LogP contribution in [0.15, 0.2) is 77.7 Å². The maximum atomic E-state index is 12.8. The van der Waals surface area contributed by atoms with Crippen LogP contribution in [0, 0.1) is 0 Å². The number of unbranched alkanes of at least 4 members (excludes halogenated alkanes) is 10. The van der Waals surface area contributed by atoms with Gasteiger partial charge in [-0.1, -0.05) is 78.1 Å². The molecule has 6 nitrogen and oxygen atoms in total. The number of hydrogen-bond donors (Lipinski definition) is 0. The van der Waals surface area contributed by atoms with Crippen LogP contribution < -0.4 is 9.47 Å². The molecule has 0 fully saturated rings. The summed E-state index contributed by atoms with van der Waals surface area (Å²) in [6.45, 7) is 6.99. The maximum absolute atomic E-state index is 12.8. The molecule has 0 aliphatic carbocycles. The smallest absolute Gasteiger partial charge is 0.343 e. The molecular weight excluding hydrogens is 596 g/mol. The molecule has 0 radical (unpaired) electrons. The maximum Gasteiger partial charge on any atom is 0.343 e. The number of rotatable bonds is 21. The average Bonchev–Trinajstić information content (AvgIpc) is 3.07. The Morgan fingerprint density at radius 1 is 0.587 bits per heavy atom. The van der Waals surface area contributed by atoms with Gasteiger partial charge in [-0.3, -0.25) is 4.79 Å². The number of carbonyl (C=O) groups is 3. The number of carbonyl (C=O) groups excluding carboxylic acids is 3. The van der Waals surface area contributed by atoms with Crippen molar-refractivity contribution in [3.63, 3.8) is 0 Å². The van der Waals surface area contributed by atoms with Gasteiger partial charge in [-0.15, -0.1) is 0 Å². The van der Waals surface area contributed by atoms with Gasteiger partial charge in [0, 0.05) is 10.5 Å². The van der Waals surface area contributed by atoms with Crippen LogP contribution in [0.4, 0.5) is 0 Å². The molecule has 0 aliphatic rings. The van der Waals surface area contributed by atoms with E-state index in [0.717, 1.165) is 48.1 Å². The Morgan fingerprint density at radius 2 is 1.09 bits per heavy atom. The highest BCUT2D eigenvalue weighted by atomic mass is 32.2. The minimum Gasteiger partial charge on any atom is -0.494 e. The lowest BCUT2D eigenvalue weighted by Gasteiger charge is -2.13.